The topological polar surface area (TPSA) is 115 Å². The molecule has 0 atom stereocenters. The predicted octanol–water partition coefficient (Wildman–Crippen LogP) is 1.93. The number of aliphatic hydroxyl groups is 2. The van der Waals surface area contributed by atoms with E-state index < -0.39 is 11.9 Å². The first-order chi connectivity index (χ1) is 9.99. The van der Waals surface area contributed by atoms with Gasteiger partial charge in [0, 0.05) is 26.4 Å². The molecule has 0 heterocycles. The molecular weight excluding hydrogens is 276 g/mol. The second kappa shape index (κ2) is 18.3. The number of fused-ring (bicyclic) bond motifs is 2. The van der Waals surface area contributed by atoms with Crippen molar-refractivity contribution in [2.24, 2.45) is 11.8 Å². The van der Waals surface area contributed by atoms with Crippen LogP contribution in [0, 0.1) is 11.8 Å². The minimum Gasteiger partial charge on any atom is -0.478 e. The van der Waals surface area contributed by atoms with Crippen molar-refractivity contribution in [1.82, 2.24) is 0 Å². The first kappa shape index (κ1) is 24.4. The SMILES string of the molecule is C1CC2CCC1C2.C=CC(=O)O.C=CC(=O)O.CO.CO. The second-order valence-corrected chi connectivity index (χ2v) is 4.21. The first-order valence-corrected chi connectivity index (χ1v) is 6.59. The van der Waals surface area contributed by atoms with Gasteiger partial charge in [-0.2, -0.15) is 0 Å². The molecule has 0 radical (unpaired) electrons. The molecule has 0 aromatic rings. The minimum absolute atomic E-state index is 0.833. The van der Waals surface area contributed by atoms with Gasteiger partial charge in [0.05, 0.1) is 0 Å². The molecule has 2 rings (SSSR count). The molecule has 4 N–H and O–H groups in total. The van der Waals surface area contributed by atoms with E-state index in [2.05, 4.69) is 13.2 Å². The van der Waals surface area contributed by atoms with E-state index in [0.717, 1.165) is 26.4 Å². The van der Waals surface area contributed by atoms with Crippen LogP contribution in [0.15, 0.2) is 25.3 Å². The monoisotopic (exact) mass is 304 g/mol. The summed E-state index contributed by atoms with van der Waals surface area (Å²) in [7, 11) is 2.00. The molecule has 2 aliphatic carbocycles. The molecule has 6 heteroatoms. The largest absolute Gasteiger partial charge is 0.478 e. The zero-order valence-electron chi connectivity index (χ0n) is 12.9. The minimum atomic E-state index is -0.981. The van der Waals surface area contributed by atoms with Crippen molar-refractivity contribution in [3.8, 4) is 0 Å². The van der Waals surface area contributed by atoms with E-state index in [-0.39, 0.29) is 0 Å². The van der Waals surface area contributed by atoms with Gasteiger partial charge in [0.2, 0.25) is 0 Å². The summed E-state index contributed by atoms with van der Waals surface area (Å²) in [6, 6.07) is 0. The van der Waals surface area contributed by atoms with E-state index in [1.165, 1.54) is 11.8 Å². The van der Waals surface area contributed by atoms with Crippen LogP contribution in [0.2, 0.25) is 0 Å². The lowest BCUT2D eigenvalue weighted by molar-refractivity contribution is -0.132. The molecule has 0 aliphatic heterocycles. The Kier molecular flexibility index (Phi) is 21.3. The van der Waals surface area contributed by atoms with Crippen molar-refractivity contribution in [2.45, 2.75) is 32.1 Å². The highest BCUT2D eigenvalue weighted by molar-refractivity contribution is 5.79. The van der Waals surface area contributed by atoms with Crippen LogP contribution < -0.4 is 0 Å². The summed E-state index contributed by atoms with van der Waals surface area (Å²) in [5, 5.41) is 29.2. The third-order valence-corrected chi connectivity index (χ3v) is 2.98. The van der Waals surface area contributed by atoms with E-state index in [0.29, 0.717) is 0 Å². The molecule has 0 aromatic heterocycles. The molecule has 2 fully saturated rings. The van der Waals surface area contributed by atoms with Crippen LogP contribution in [0.3, 0.4) is 0 Å². The van der Waals surface area contributed by atoms with Crippen molar-refractivity contribution in [2.75, 3.05) is 14.2 Å². The molecule has 0 aromatic carbocycles. The molecule has 0 amide bonds. The zero-order valence-corrected chi connectivity index (χ0v) is 12.9. The number of carboxylic acids is 2. The van der Waals surface area contributed by atoms with E-state index in [1.807, 2.05) is 0 Å². The van der Waals surface area contributed by atoms with Crippen molar-refractivity contribution in [3.63, 3.8) is 0 Å². The lowest BCUT2D eigenvalue weighted by atomic mass is 10.0. The molecule has 6 nitrogen and oxygen atoms in total. The smallest absolute Gasteiger partial charge is 0.327 e. The molecule has 0 saturated heterocycles. The van der Waals surface area contributed by atoms with Gasteiger partial charge in [-0.15, -0.1) is 0 Å². The highest BCUT2D eigenvalue weighted by Gasteiger charge is 2.30. The molecule has 0 spiro atoms. The predicted molar refractivity (Wildman–Crippen MR) is 82.0 cm³/mol. The van der Waals surface area contributed by atoms with Gasteiger partial charge in [-0.25, -0.2) is 9.59 Å². The normalized spacial score (nSPS) is 19.6. The fourth-order valence-corrected chi connectivity index (χ4v) is 2.17. The Morgan fingerprint density at radius 3 is 1.05 bits per heavy atom. The summed E-state index contributed by atoms with van der Waals surface area (Å²) in [6.45, 7) is 5.92. The summed E-state index contributed by atoms with van der Waals surface area (Å²) in [4.78, 5) is 18.5. The molecule has 2 aliphatic rings. The van der Waals surface area contributed by atoms with E-state index in [1.54, 1.807) is 32.1 Å². The van der Waals surface area contributed by atoms with E-state index >= 15 is 0 Å². The van der Waals surface area contributed by atoms with Gasteiger partial charge in [0.25, 0.3) is 0 Å². The lowest BCUT2D eigenvalue weighted by Gasteiger charge is -2.05. The van der Waals surface area contributed by atoms with Crippen molar-refractivity contribution in [3.05, 3.63) is 25.3 Å². The third-order valence-electron chi connectivity index (χ3n) is 2.98. The highest BCUT2D eigenvalue weighted by Crippen LogP contribution is 2.43. The van der Waals surface area contributed by atoms with Gasteiger partial charge >= 0.3 is 11.9 Å². The van der Waals surface area contributed by atoms with Gasteiger partial charge in [0.1, 0.15) is 0 Å². The molecule has 0 unspecified atom stereocenters. The number of carboxylic acid groups (broad SMARTS) is 2. The van der Waals surface area contributed by atoms with Gasteiger partial charge in [-0.3, -0.25) is 0 Å². The second-order valence-electron chi connectivity index (χ2n) is 4.21. The van der Waals surface area contributed by atoms with Crippen LogP contribution in [0.1, 0.15) is 32.1 Å². The number of aliphatic hydroxyl groups excluding tert-OH is 2. The fraction of sp³-hybridized carbons (Fsp3) is 0.600. The average molecular weight is 304 g/mol. The lowest BCUT2D eigenvalue weighted by Crippen LogP contribution is -1.90. The Morgan fingerprint density at radius 1 is 0.810 bits per heavy atom. The Morgan fingerprint density at radius 2 is 1.00 bits per heavy atom. The quantitative estimate of drug-likeness (QED) is 0.579. The van der Waals surface area contributed by atoms with Gasteiger partial charge in [0.15, 0.2) is 0 Å². The van der Waals surface area contributed by atoms with Crippen molar-refractivity contribution < 1.29 is 30.0 Å². The number of hydrogen-bond acceptors (Lipinski definition) is 4. The van der Waals surface area contributed by atoms with Crippen molar-refractivity contribution in [1.29, 1.82) is 0 Å². The molecule has 2 saturated carbocycles. The number of carbonyl (C=O) groups is 2. The van der Waals surface area contributed by atoms with Crippen LogP contribution in [0.5, 0.6) is 0 Å². The standard InChI is InChI=1S/C7H12.2C3H4O2.2CH4O/c1-2-7-4-3-6(1)5-7;2*1-2-3(4)5;2*1-2/h6-7H,1-5H2;2*2H,1H2,(H,4,5);2*2H,1H3. The van der Waals surface area contributed by atoms with Crippen LogP contribution in [0.4, 0.5) is 0 Å². The fourth-order valence-electron chi connectivity index (χ4n) is 2.17. The van der Waals surface area contributed by atoms with Gasteiger partial charge in [-0.1, -0.05) is 38.8 Å². The Hall–Kier alpha value is -1.66. The molecule has 2 bridgehead atoms. The highest BCUT2D eigenvalue weighted by atomic mass is 16.4. The number of rotatable bonds is 2. The van der Waals surface area contributed by atoms with E-state index in [4.69, 9.17) is 20.4 Å². The zero-order chi connectivity index (χ0) is 17.3. The van der Waals surface area contributed by atoms with Crippen LogP contribution in [-0.2, 0) is 9.59 Å². The van der Waals surface area contributed by atoms with Crippen LogP contribution >= 0.6 is 0 Å². The van der Waals surface area contributed by atoms with Crippen LogP contribution in [0.25, 0.3) is 0 Å². The Balaban J connectivity index is -0.000000212. The summed E-state index contributed by atoms with van der Waals surface area (Å²) in [5.74, 6) is 0.380. The summed E-state index contributed by atoms with van der Waals surface area (Å²) in [5.41, 5.74) is 0. The summed E-state index contributed by atoms with van der Waals surface area (Å²) >= 11 is 0. The first-order valence-electron chi connectivity index (χ1n) is 6.59. The van der Waals surface area contributed by atoms with Crippen molar-refractivity contribution >= 4 is 11.9 Å². The maximum Gasteiger partial charge on any atom is 0.327 e. The Labute approximate surface area is 126 Å². The number of hydrogen-bond donors (Lipinski definition) is 4. The molecule has 21 heavy (non-hydrogen) atoms. The average Bonchev–Trinajstić information content (AvgIpc) is 3.17. The Bertz CT molecular complexity index is 252. The maximum absolute atomic E-state index is 9.25. The molecule has 124 valence electrons. The van der Waals surface area contributed by atoms with Gasteiger partial charge in [-0.05, 0) is 18.3 Å². The third kappa shape index (κ3) is 18.3. The van der Waals surface area contributed by atoms with Gasteiger partial charge < -0.3 is 20.4 Å². The maximum atomic E-state index is 9.25. The summed E-state index contributed by atoms with van der Waals surface area (Å²) in [6.07, 6.45) is 9.49. The number of aliphatic carboxylic acids is 2. The van der Waals surface area contributed by atoms with E-state index in [9.17, 15) is 9.59 Å². The molecular formula is C15H28O6. The van der Waals surface area contributed by atoms with Crippen LogP contribution in [-0.4, -0.2) is 46.6 Å². The summed E-state index contributed by atoms with van der Waals surface area (Å²) < 4.78 is 0.